The number of esters is 2. The van der Waals surface area contributed by atoms with Crippen LogP contribution in [-0.4, -0.2) is 74.9 Å². The summed E-state index contributed by atoms with van der Waals surface area (Å²) in [7, 11) is 1.45. The predicted molar refractivity (Wildman–Crippen MR) is 334 cm³/mol. The summed E-state index contributed by atoms with van der Waals surface area (Å²) >= 11 is 0. The molecule has 0 saturated heterocycles. The molecule has 0 saturated carbocycles. The van der Waals surface area contributed by atoms with Crippen LogP contribution in [0.3, 0.4) is 0 Å². The number of quaternary nitrogens is 1. The van der Waals surface area contributed by atoms with Crippen LogP contribution in [-0.2, 0) is 32.7 Å². The molecule has 78 heavy (non-hydrogen) atoms. The standard InChI is InChI=1S/C68H116NO8P/c1-6-8-10-12-14-16-18-20-22-24-26-27-28-29-30-31-32-33-34-35-36-37-38-39-40-41-43-45-47-49-51-53-55-57-59-61-68(71)77-66(65-76-78(72,73)75-63-62-69(3,4)5)64-74-67(70)60-58-56-54-52-50-48-46-44-42-25-23-21-19-17-15-13-11-9-7-2/h8,10,14,16,20,22,26-27,29-30,32-33,35-36,38-39,41,43,47,49,66H,6-7,9,11-13,15,17-19,21,23-25,28,31,34,37,40,42,44-46,48,50-65H2,1-5H3/p+1/b10-8-,16-14-,22-20-,27-26-,30-29-,33-32-,36-35-,39-38-,43-41-,49-47-. The number of phosphoric ester groups is 1. The van der Waals surface area contributed by atoms with Gasteiger partial charge in [-0.1, -0.05) is 264 Å². The Morgan fingerprint density at radius 3 is 1.09 bits per heavy atom. The lowest BCUT2D eigenvalue weighted by Gasteiger charge is -2.24. The van der Waals surface area contributed by atoms with E-state index in [1.54, 1.807) is 0 Å². The van der Waals surface area contributed by atoms with Crippen molar-refractivity contribution in [3.05, 3.63) is 122 Å². The van der Waals surface area contributed by atoms with Crippen molar-refractivity contribution in [1.82, 2.24) is 0 Å². The molecule has 0 bridgehead atoms. The SMILES string of the molecule is CC/C=C\C/C=C\C/C=C\C/C=C\C/C=C\C/C=C\C/C=C\C/C=C\C/C=C\C/C=C\CCCCCCC(=O)OC(COC(=O)CCCCCCCCCCCCCCCCCCCCC)COP(=O)(O)OCC[N+](C)(C)C. The molecule has 0 heterocycles. The van der Waals surface area contributed by atoms with Gasteiger partial charge in [0, 0.05) is 12.8 Å². The smallest absolute Gasteiger partial charge is 0.462 e. The first-order valence-corrected chi connectivity index (χ1v) is 32.8. The highest BCUT2D eigenvalue weighted by Crippen LogP contribution is 2.43. The number of ether oxygens (including phenoxy) is 2. The minimum atomic E-state index is -4.40. The van der Waals surface area contributed by atoms with Crippen molar-refractivity contribution in [2.24, 2.45) is 0 Å². The van der Waals surface area contributed by atoms with Gasteiger partial charge in [0.15, 0.2) is 6.10 Å². The molecule has 2 unspecified atom stereocenters. The van der Waals surface area contributed by atoms with E-state index in [2.05, 4.69) is 135 Å². The van der Waals surface area contributed by atoms with Crippen LogP contribution in [0.5, 0.6) is 0 Å². The van der Waals surface area contributed by atoms with Crippen molar-refractivity contribution in [3.63, 3.8) is 0 Å². The van der Waals surface area contributed by atoms with Crippen LogP contribution >= 0.6 is 7.82 Å². The van der Waals surface area contributed by atoms with Gasteiger partial charge in [-0.3, -0.25) is 18.6 Å². The van der Waals surface area contributed by atoms with Gasteiger partial charge in [-0.05, 0) is 89.9 Å². The molecule has 0 aliphatic rings. The molecule has 0 amide bonds. The Bertz CT molecular complexity index is 1730. The lowest BCUT2D eigenvalue weighted by molar-refractivity contribution is -0.870. The minimum Gasteiger partial charge on any atom is -0.462 e. The van der Waals surface area contributed by atoms with E-state index in [1.165, 1.54) is 103 Å². The summed E-state index contributed by atoms with van der Waals surface area (Å²) in [6.45, 7) is 4.30. The summed E-state index contributed by atoms with van der Waals surface area (Å²) in [5.41, 5.74) is 0. The first-order chi connectivity index (χ1) is 38.0. The van der Waals surface area contributed by atoms with Crippen LogP contribution in [0.2, 0.25) is 0 Å². The van der Waals surface area contributed by atoms with E-state index in [9.17, 15) is 19.0 Å². The van der Waals surface area contributed by atoms with Crippen molar-refractivity contribution in [2.45, 2.75) is 251 Å². The summed E-state index contributed by atoms with van der Waals surface area (Å²) in [5, 5.41) is 0. The molecular weight excluding hydrogens is 990 g/mol. The molecule has 0 rings (SSSR count). The zero-order valence-electron chi connectivity index (χ0n) is 50.6. The second-order valence-electron chi connectivity index (χ2n) is 21.7. The zero-order valence-corrected chi connectivity index (χ0v) is 51.5. The fourth-order valence-corrected chi connectivity index (χ4v) is 8.96. The highest BCUT2D eigenvalue weighted by molar-refractivity contribution is 7.47. The second kappa shape index (κ2) is 58.1. The second-order valence-corrected chi connectivity index (χ2v) is 23.2. The van der Waals surface area contributed by atoms with Gasteiger partial charge >= 0.3 is 19.8 Å². The minimum absolute atomic E-state index is 0.0214. The van der Waals surface area contributed by atoms with Crippen molar-refractivity contribution in [2.75, 3.05) is 47.5 Å². The average molecular weight is 1110 g/mol. The lowest BCUT2D eigenvalue weighted by Crippen LogP contribution is -2.37. The van der Waals surface area contributed by atoms with E-state index < -0.39 is 26.5 Å². The molecule has 0 fully saturated rings. The van der Waals surface area contributed by atoms with Crippen molar-refractivity contribution < 1.29 is 42.1 Å². The average Bonchev–Trinajstić information content (AvgIpc) is 3.41. The van der Waals surface area contributed by atoms with Gasteiger partial charge < -0.3 is 18.9 Å². The van der Waals surface area contributed by atoms with Crippen molar-refractivity contribution >= 4 is 19.8 Å². The van der Waals surface area contributed by atoms with E-state index in [4.69, 9.17) is 18.5 Å². The van der Waals surface area contributed by atoms with Crippen LogP contribution in [0, 0.1) is 0 Å². The van der Waals surface area contributed by atoms with E-state index in [1.807, 2.05) is 21.1 Å². The van der Waals surface area contributed by atoms with E-state index in [-0.39, 0.29) is 32.0 Å². The summed E-state index contributed by atoms with van der Waals surface area (Å²) in [6.07, 6.45) is 82.7. The van der Waals surface area contributed by atoms with Gasteiger partial charge in [0.25, 0.3) is 0 Å². The van der Waals surface area contributed by atoms with Gasteiger partial charge in [-0.2, -0.15) is 0 Å². The molecule has 0 aliphatic carbocycles. The number of carbonyl (C=O) groups excluding carboxylic acids is 2. The molecule has 446 valence electrons. The maximum atomic E-state index is 12.8. The monoisotopic (exact) mass is 1110 g/mol. The molecule has 0 aromatic rings. The Kier molecular flexibility index (Phi) is 55.4. The third-order valence-corrected chi connectivity index (χ3v) is 14.0. The molecule has 0 aliphatic heterocycles. The van der Waals surface area contributed by atoms with E-state index in [0.717, 1.165) is 109 Å². The molecule has 0 radical (unpaired) electrons. The Morgan fingerprint density at radius 1 is 0.410 bits per heavy atom. The largest absolute Gasteiger partial charge is 0.472 e. The van der Waals surface area contributed by atoms with Crippen LogP contribution < -0.4 is 0 Å². The number of nitrogens with zero attached hydrogens (tertiary/aromatic N) is 1. The van der Waals surface area contributed by atoms with Crippen molar-refractivity contribution in [3.8, 4) is 0 Å². The third kappa shape index (κ3) is 61.6. The highest BCUT2D eigenvalue weighted by Gasteiger charge is 2.27. The predicted octanol–water partition coefficient (Wildman–Crippen LogP) is 19.9. The van der Waals surface area contributed by atoms with Crippen molar-refractivity contribution in [1.29, 1.82) is 0 Å². The Morgan fingerprint density at radius 2 is 0.731 bits per heavy atom. The zero-order chi connectivity index (χ0) is 57.0. The maximum absolute atomic E-state index is 12.8. The first-order valence-electron chi connectivity index (χ1n) is 31.3. The molecule has 2 atom stereocenters. The number of phosphoric acid groups is 1. The van der Waals surface area contributed by atoms with E-state index in [0.29, 0.717) is 17.4 Å². The number of allylic oxidation sites excluding steroid dienone is 20. The Labute approximate surface area is 479 Å². The topological polar surface area (TPSA) is 108 Å². The molecule has 0 aromatic carbocycles. The quantitative estimate of drug-likeness (QED) is 0.0211. The number of likely N-dealkylation sites (N-methyl/N-ethyl adjacent to an activating group) is 1. The first kappa shape index (κ1) is 74.4. The maximum Gasteiger partial charge on any atom is 0.472 e. The van der Waals surface area contributed by atoms with Crippen LogP contribution in [0.15, 0.2) is 122 Å². The van der Waals surface area contributed by atoms with Gasteiger partial charge in [-0.25, -0.2) is 4.57 Å². The number of hydrogen-bond donors (Lipinski definition) is 1. The highest BCUT2D eigenvalue weighted by atomic mass is 31.2. The molecule has 0 spiro atoms. The lowest BCUT2D eigenvalue weighted by atomic mass is 10.0. The van der Waals surface area contributed by atoms with E-state index >= 15 is 0 Å². The number of unbranched alkanes of at least 4 members (excludes halogenated alkanes) is 22. The van der Waals surface area contributed by atoms with Crippen LogP contribution in [0.4, 0.5) is 0 Å². The molecule has 9 nitrogen and oxygen atoms in total. The molecule has 0 aromatic heterocycles. The summed E-state index contributed by atoms with van der Waals surface area (Å²) < 4.78 is 34.6. The molecule has 1 N–H and O–H groups in total. The van der Waals surface area contributed by atoms with Gasteiger partial charge in [0.05, 0.1) is 27.7 Å². The number of hydrogen-bond acceptors (Lipinski definition) is 7. The Hall–Kier alpha value is -3.59. The number of rotatable bonds is 56. The third-order valence-electron chi connectivity index (χ3n) is 13.0. The fourth-order valence-electron chi connectivity index (χ4n) is 8.22. The molecule has 10 heteroatoms. The normalized spacial score (nSPS) is 14.1. The summed E-state index contributed by atoms with van der Waals surface area (Å²) in [6, 6.07) is 0. The van der Waals surface area contributed by atoms with Crippen LogP contribution in [0.25, 0.3) is 0 Å². The molecular formula is C68H117NO8P+. The summed E-state index contributed by atoms with van der Waals surface area (Å²) in [4.78, 5) is 35.7. The summed E-state index contributed by atoms with van der Waals surface area (Å²) in [5.74, 6) is -0.827. The fraction of sp³-hybridized carbons (Fsp3) is 0.676. The van der Waals surface area contributed by atoms with Gasteiger partial charge in [0.2, 0.25) is 0 Å². The Balaban J connectivity index is 4.22. The van der Waals surface area contributed by atoms with Crippen LogP contribution in [0.1, 0.15) is 245 Å². The van der Waals surface area contributed by atoms with Gasteiger partial charge in [0.1, 0.15) is 19.8 Å². The number of carbonyl (C=O) groups is 2. The van der Waals surface area contributed by atoms with Gasteiger partial charge in [-0.15, -0.1) is 0 Å².